The van der Waals surface area contributed by atoms with Crippen LogP contribution in [0.4, 0.5) is 0 Å². The third-order valence-electron chi connectivity index (χ3n) is 2.61. The lowest BCUT2D eigenvalue weighted by atomic mass is 10.4. The minimum Gasteiger partial charge on any atom is -0.447 e. The van der Waals surface area contributed by atoms with E-state index in [1.54, 1.807) is 19.9 Å². The molecule has 0 spiro atoms. The van der Waals surface area contributed by atoms with E-state index in [4.69, 9.17) is 14.9 Å². The minimum atomic E-state index is -3.63. The number of nitrogens with two attached hydrogens (primary N) is 1. The van der Waals surface area contributed by atoms with Crippen molar-refractivity contribution in [3.8, 4) is 0 Å². The number of sulfonamides is 1. The van der Waals surface area contributed by atoms with Crippen molar-refractivity contribution in [2.75, 3.05) is 20.3 Å². The van der Waals surface area contributed by atoms with Crippen LogP contribution in [0.2, 0.25) is 0 Å². The molecule has 104 valence electrons. The van der Waals surface area contributed by atoms with E-state index in [1.165, 1.54) is 17.5 Å². The Morgan fingerprint density at radius 1 is 1.50 bits per heavy atom. The maximum absolute atomic E-state index is 12.3. The first kappa shape index (κ1) is 15.2. The standard InChI is InChI=1S/C11H20N2O4S/c1-4-13(9(2)8-16-3)18(14,15)11-6-5-10(7-12)17-11/h5-6,9H,4,7-8,12H2,1-3H3. The number of likely N-dealkylation sites (N-methyl/N-ethyl adjacent to an activating group) is 1. The van der Waals surface area contributed by atoms with Gasteiger partial charge in [-0.3, -0.25) is 0 Å². The van der Waals surface area contributed by atoms with E-state index < -0.39 is 10.0 Å². The molecule has 2 N–H and O–H groups in total. The summed E-state index contributed by atoms with van der Waals surface area (Å²) in [5.41, 5.74) is 5.40. The zero-order valence-corrected chi connectivity index (χ0v) is 11.7. The van der Waals surface area contributed by atoms with Crippen molar-refractivity contribution >= 4 is 10.0 Å². The molecule has 0 radical (unpaired) electrons. The molecule has 0 saturated heterocycles. The number of nitrogens with zero attached hydrogens (tertiary/aromatic N) is 1. The fourth-order valence-corrected chi connectivity index (χ4v) is 3.32. The van der Waals surface area contributed by atoms with Crippen LogP contribution in [0, 0.1) is 0 Å². The summed E-state index contributed by atoms with van der Waals surface area (Å²) < 4.78 is 36.2. The fraction of sp³-hybridized carbons (Fsp3) is 0.636. The highest BCUT2D eigenvalue weighted by Crippen LogP contribution is 2.20. The Hall–Kier alpha value is -0.890. The smallest absolute Gasteiger partial charge is 0.276 e. The number of hydrogen-bond donors (Lipinski definition) is 1. The molecule has 18 heavy (non-hydrogen) atoms. The minimum absolute atomic E-state index is 0.0762. The Kier molecular flexibility index (Phi) is 5.33. The predicted molar refractivity (Wildman–Crippen MR) is 67.5 cm³/mol. The average Bonchev–Trinajstić information content (AvgIpc) is 2.79. The summed E-state index contributed by atoms with van der Waals surface area (Å²) in [6.45, 7) is 4.42. The van der Waals surface area contributed by atoms with Crippen LogP contribution in [-0.2, 0) is 21.3 Å². The zero-order chi connectivity index (χ0) is 13.8. The summed E-state index contributed by atoms with van der Waals surface area (Å²) in [5.74, 6) is 0.448. The van der Waals surface area contributed by atoms with Gasteiger partial charge in [0, 0.05) is 19.7 Å². The van der Waals surface area contributed by atoms with Gasteiger partial charge in [0.2, 0.25) is 5.09 Å². The lowest BCUT2D eigenvalue weighted by Crippen LogP contribution is -2.40. The van der Waals surface area contributed by atoms with Crippen LogP contribution in [0.5, 0.6) is 0 Å². The number of hydrogen-bond acceptors (Lipinski definition) is 5. The first-order chi connectivity index (χ1) is 8.47. The fourth-order valence-electron chi connectivity index (χ4n) is 1.77. The zero-order valence-electron chi connectivity index (χ0n) is 10.9. The summed E-state index contributed by atoms with van der Waals surface area (Å²) in [4.78, 5) is 0. The SMILES string of the molecule is CCN(C(C)COC)S(=O)(=O)c1ccc(CN)o1. The molecule has 1 heterocycles. The Morgan fingerprint density at radius 3 is 2.61 bits per heavy atom. The maximum atomic E-state index is 12.3. The summed E-state index contributed by atoms with van der Waals surface area (Å²) >= 11 is 0. The second-order valence-electron chi connectivity index (χ2n) is 3.94. The Morgan fingerprint density at radius 2 is 2.17 bits per heavy atom. The summed E-state index contributed by atoms with van der Waals surface area (Å²) in [5, 5.41) is -0.0762. The van der Waals surface area contributed by atoms with E-state index in [2.05, 4.69) is 0 Å². The lowest BCUT2D eigenvalue weighted by Gasteiger charge is -2.25. The normalized spacial score (nSPS) is 14.1. The van der Waals surface area contributed by atoms with Gasteiger partial charge in [-0.2, -0.15) is 4.31 Å². The van der Waals surface area contributed by atoms with E-state index >= 15 is 0 Å². The van der Waals surface area contributed by atoms with Crippen molar-refractivity contribution in [1.82, 2.24) is 4.31 Å². The van der Waals surface area contributed by atoms with Gasteiger partial charge in [-0.1, -0.05) is 6.92 Å². The van der Waals surface area contributed by atoms with Crippen molar-refractivity contribution in [3.63, 3.8) is 0 Å². The van der Waals surface area contributed by atoms with Crippen molar-refractivity contribution in [3.05, 3.63) is 17.9 Å². The molecule has 0 fully saturated rings. The van der Waals surface area contributed by atoms with Crippen LogP contribution in [0.15, 0.2) is 21.6 Å². The van der Waals surface area contributed by atoms with Crippen molar-refractivity contribution in [2.24, 2.45) is 5.73 Å². The second-order valence-corrected chi connectivity index (χ2v) is 5.76. The van der Waals surface area contributed by atoms with Crippen LogP contribution in [-0.4, -0.2) is 39.0 Å². The number of furan rings is 1. The molecule has 6 nitrogen and oxygen atoms in total. The largest absolute Gasteiger partial charge is 0.447 e. The van der Waals surface area contributed by atoms with E-state index in [-0.39, 0.29) is 17.7 Å². The van der Waals surface area contributed by atoms with Gasteiger partial charge in [0.1, 0.15) is 5.76 Å². The Labute approximate surface area is 108 Å². The van der Waals surface area contributed by atoms with Gasteiger partial charge in [0.25, 0.3) is 10.0 Å². The summed E-state index contributed by atoms with van der Waals surface area (Å²) in [6.07, 6.45) is 0. The van der Waals surface area contributed by atoms with Crippen molar-refractivity contribution in [2.45, 2.75) is 31.5 Å². The van der Waals surface area contributed by atoms with Crippen LogP contribution in [0.25, 0.3) is 0 Å². The Balaban J connectivity index is 3.02. The maximum Gasteiger partial charge on any atom is 0.276 e. The molecular formula is C11H20N2O4S. The van der Waals surface area contributed by atoms with Gasteiger partial charge in [0.15, 0.2) is 0 Å². The van der Waals surface area contributed by atoms with Crippen molar-refractivity contribution < 1.29 is 17.6 Å². The number of rotatable bonds is 7. The predicted octanol–water partition coefficient (Wildman–Crippen LogP) is 0.784. The molecule has 0 aliphatic carbocycles. The summed E-state index contributed by atoms with van der Waals surface area (Å²) in [7, 11) is -2.09. The van der Waals surface area contributed by atoms with Gasteiger partial charge >= 0.3 is 0 Å². The first-order valence-corrected chi connectivity index (χ1v) is 7.20. The third kappa shape index (κ3) is 3.11. The Bertz CT molecular complexity index is 469. The molecule has 1 aromatic rings. The summed E-state index contributed by atoms with van der Waals surface area (Å²) in [6, 6.07) is 2.75. The molecular weight excluding hydrogens is 256 g/mol. The van der Waals surface area contributed by atoms with Gasteiger partial charge in [-0.15, -0.1) is 0 Å². The molecule has 0 amide bonds. The number of ether oxygens (including phenoxy) is 1. The van der Waals surface area contributed by atoms with Crippen LogP contribution < -0.4 is 5.73 Å². The van der Waals surface area contributed by atoms with Gasteiger partial charge in [-0.05, 0) is 19.1 Å². The van der Waals surface area contributed by atoms with Crippen molar-refractivity contribution in [1.29, 1.82) is 0 Å². The topological polar surface area (TPSA) is 85.8 Å². The quantitative estimate of drug-likeness (QED) is 0.795. The van der Waals surface area contributed by atoms with Crippen LogP contribution >= 0.6 is 0 Å². The molecule has 1 atom stereocenters. The molecule has 7 heteroatoms. The molecule has 1 unspecified atom stereocenters. The van der Waals surface area contributed by atoms with E-state index in [1.807, 2.05) is 0 Å². The van der Waals surface area contributed by atoms with Gasteiger partial charge in [0.05, 0.1) is 13.2 Å². The highest BCUT2D eigenvalue weighted by atomic mass is 32.2. The molecule has 0 aromatic carbocycles. The van der Waals surface area contributed by atoms with E-state index in [9.17, 15) is 8.42 Å². The van der Waals surface area contributed by atoms with E-state index in [0.29, 0.717) is 18.9 Å². The molecule has 1 rings (SSSR count). The molecule has 0 bridgehead atoms. The molecule has 1 aromatic heterocycles. The molecule has 0 aliphatic rings. The monoisotopic (exact) mass is 276 g/mol. The number of methoxy groups -OCH3 is 1. The van der Waals surface area contributed by atoms with Gasteiger partial charge < -0.3 is 14.9 Å². The third-order valence-corrected chi connectivity index (χ3v) is 4.58. The second kappa shape index (κ2) is 6.33. The van der Waals surface area contributed by atoms with E-state index in [0.717, 1.165) is 0 Å². The van der Waals surface area contributed by atoms with Gasteiger partial charge in [-0.25, -0.2) is 8.42 Å². The highest BCUT2D eigenvalue weighted by Gasteiger charge is 2.30. The highest BCUT2D eigenvalue weighted by molar-refractivity contribution is 7.89. The average molecular weight is 276 g/mol. The van der Waals surface area contributed by atoms with Crippen LogP contribution in [0.1, 0.15) is 19.6 Å². The first-order valence-electron chi connectivity index (χ1n) is 5.76. The van der Waals surface area contributed by atoms with Crippen LogP contribution in [0.3, 0.4) is 0 Å². The molecule has 0 saturated carbocycles. The lowest BCUT2D eigenvalue weighted by molar-refractivity contribution is 0.142. The molecule has 0 aliphatic heterocycles.